The molecule has 6 heteroatoms. The molecule has 0 bridgehead atoms. The summed E-state index contributed by atoms with van der Waals surface area (Å²) in [7, 11) is 0. The molecule has 0 spiro atoms. The number of hydrogen-bond acceptors (Lipinski definition) is 2. The SMILES string of the molecule is CC[C@@H](C(=O)NC1CCCCC1)N(Cc1c(Cl)cccc1Cl)C(=O)CCc1ccc(C(C)C)cc1. The van der Waals surface area contributed by atoms with Crippen molar-refractivity contribution >= 4 is 35.0 Å². The number of carbonyl (C=O) groups is 2. The maximum Gasteiger partial charge on any atom is 0.243 e. The molecule has 0 heterocycles. The number of amides is 2. The smallest absolute Gasteiger partial charge is 0.243 e. The standard InChI is InChI=1S/C29H38Cl2N2O2/c1-4-27(29(35)32-23-9-6-5-7-10-23)33(19-24-25(30)11-8-12-26(24)31)28(34)18-15-21-13-16-22(17-14-21)20(2)3/h8,11-14,16-17,20,23,27H,4-7,9-10,15,18-19H2,1-3H3,(H,32,35)/t27-/m0/s1. The van der Waals surface area contributed by atoms with Gasteiger partial charge in [-0.1, -0.05) is 93.6 Å². The first kappa shape index (κ1) is 27.5. The van der Waals surface area contributed by atoms with E-state index in [2.05, 4.69) is 43.4 Å². The fourth-order valence-corrected chi connectivity index (χ4v) is 5.30. The summed E-state index contributed by atoms with van der Waals surface area (Å²) in [5.74, 6) is 0.311. The molecule has 1 N–H and O–H groups in total. The van der Waals surface area contributed by atoms with E-state index in [0.29, 0.717) is 40.8 Å². The Morgan fingerprint density at radius 1 is 1.00 bits per heavy atom. The van der Waals surface area contributed by atoms with E-state index in [1.807, 2.05) is 6.92 Å². The molecule has 0 aliphatic heterocycles. The Balaban J connectivity index is 1.78. The van der Waals surface area contributed by atoms with E-state index in [4.69, 9.17) is 23.2 Å². The highest BCUT2D eigenvalue weighted by molar-refractivity contribution is 6.36. The number of hydrogen-bond donors (Lipinski definition) is 1. The Morgan fingerprint density at radius 2 is 1.63 bits per heavy atom. The second-order valence-electron chi connectivity index (χ2n) is 9.89. The van der Waals surface area contributed by atoms with Crippen molar-refractivity contribution in [3.63, 3.8) is 0 Å². The first-order valence-electron chi connectivity index (χ1n) is 12.9. The number of nitrogens with one attached hydrogen (secondary N) is 1. The summed E-state index contributed by atoms with van der Waals surface area (Å²) >= 11 is 12.9. The average Bonchev–Trinajstić information content (AvgIpc) is 2.85. The second kappa shape index (κ2) is 13.3. The van der Waals surface area contributed by atoms with Crippen molar-refractivity contribution in [1.82, 2.24) is 10.2 Å². The van der Waals surface area contributed by atoms with Gasteiger partial charge in [0, 0.05) is 34.6 Å². The van der Waals surface area contributed by atoms with Crippen molar-refractivity contribution in [3.05, 3.63) is 69.2 Å². The quantitative estimate of drug-likeness (QED) is 0.359. The Labute approximate surface area is 220 Å². The van der Waals surface area contributed by atoms with Crippen molar-refractivity contribution in [2.24, 2.45) is 0 Å². The number of rotatable bonds is 10. The maximum atomic E-state index is 13.6. The van der Waals surface area contributed by atoms with Gasteiger partial charge in [-0.3, -0.25) is 9.59 Å². The average molecular weight is 518 g/mol. The van der Waals surface area contributed by atoms with Gasteiger partial charge < -0.3 is 10.2 Å². The monoisotopic (exact) mass is 516 g/mol. The molecule has 2 aromatic carbocycles. The molecule has 1 aliphatic carbocycles. The first-order chi connectivity index (χ1) is 16.8. The molecule has 0 radical (unpaired) electrons. The molecule has 1 saturated carbocycles. The van der Waals surface area contributed by atoms with Gasteiger partial charge in [0.2, 0.25) is 11.8 Å². The van der Waals surface area contributed by atoms with E-state index in [9.17, 15) is 9.59 Å². The van der Waals surface area contributed by atoms with E-state index in [-0.39, 0.29) is 24.4 Å². The lowest BCUT2D eigenvalue weighted by atomic mass is 9.95. The molecular weight excluding hydrogens is 479 g/mol. The van der Waals surface area contributed by atoms with Crippen LogP contribution in [0.4, 0.5) is 0 Å². The lowest BCUT2D eigenvalue weighted by Gasteiger charge is -2.33. The van der Waals surface area contributed by atoms with Gasteiger partial charge in [-0.15, -0.1) is 0 Å². The van der Waals surface area contributed by atoms with Crippen molar-refractivity contribution < 1.29 is 9.59 Å². The van der Waals surface area contributed by atoms with Gasteiger partial charge in [0.1, 0.15) is 6.04 Å². The minimum absolute atomic E-state index is 0.0698. The summed E-state index contributed by atoms with van der Waals surface area (Å²) in [5.41, 5.74) is 3.06. The van der Waals surface area contributed by atoms with Crippen LogP contribution in [0.25, 0.3) is 0 Å². The van der Waals surface area contributed by atoms with Gasteiger partial charge in [-0.25, -0.2) is 0 Å². The number of aryl methyl sites for hydroxylation is 1. The van der Waals surface area contributed by atoms with Crippen LogP contribution < -0.4 is 5.32 Å². The van der Waals surface area contributed by atoms with Crippen molar-refractivity contribution in [3.8, 4) is 0 Å². The number of carbonyl (C=O) groups excluding carboxylic acids is 2. The van der Waals surface area contributed by atoms with Gasteiger partial charge in [0.15, 0.2) is 0 Å². The third-order valence-corrected chi connectivity index (χ3v) is 7.71. The lowest BCUT2D eigenvalue weighted by Crippen LogP contribution is -2.51. The summed E-state index contributed by atoms with van der Waals surface area (Å²) in [6.45, 7) is 6.49. The molecule has 35 heavy (non-hydrogen) atoms. The highest BCUT2D eigenvalue weighted by Gasteiger charge is 2.31. The number of benzene rings is 2. The normalized spacial score (nSPS) is 15.1. The lowest BCUT2D eigenvalue weighted by molar-refractivity contribution is -0.141. The molecule has 190 valence electrons. The zero-order valence-corrected chi connectivity index (χ0v) is 22.7. The Bertz CT molecular complexity index is 964. The van der Waals surface area contributed by atoms with Crippen LogP contribution in [0, 0.1) is 0 Å². The molecule has 0 unspecified atom stereocenters. The molecule has 4 nitrogen and oxygen atoms in total. The van der Waals surface area contributed by atoms with Crippen LogP contribution in [0.15, 0.2) is 42.5 Å². The fourth-order valence-electron chi connectivity index (χ4n) is 4.78. The van der Waals surface area contributed by atoms with E-state index in [0.717, 1.165) is 31.2 Å². The Kier molecular flexibility index (Phi) is 10.5. The number of nitrogens with zero attached hydrogens (tertiary/aromatic N) is 1. The predicted octanol–water partition coefficient (Wildman–Crippen LogP) is 7.31. The molecule has 0 aromatic heterocycles. The van der Waals surface area contributed by atoms with E-state index >= 15 is 0 Å². The van der Waals surface area contributed by atoms with Crippen LogP contribution in [-0.4, -0.2) is 28.8 Å². The van der Waals surface area contributed by atoms with Crippen LogP contribution in [-0.2, 0) is 22.6 Å². The minimum atomic E-state index is -0.569. The Hall–Kier alpha value is -2.04. The topological polar surface area (TPSA) is 49.4 Å². The van der Waals surface area contributed by atoms with Crippen molar-refractivity contribution in [1.29, 1.82) is 0 Å². The molecule has 1 aliphatic rings. The van der Waals surface area contributed by atoms with Crippen LogP contribution in [0.1, 0.15) is 88.3 Å². The highest BCUT2D eigenvalue weighted by atomic mass is 35.5. The van der Waals surface area contributed by atoms with Crippen LogP contribution in [0.3, 0.4) is 0 Å². The number of halogens is 2. The summed E-state index contributed by atoms with van der Waals surface area (Å²) in [4.78, 5) is 28.6. The second-order valence-corrected chi connectivity index (χ2v) is 10.7. The molecule has 1 atom stereocenters. The summed E-state index contributed by atoms with van der Waals surface area (Å²) in [6, 6.07) is 13.4. The van der Waals surface area contributed by atoms with Gasteiger partial charge in [0.05, 0.1) is 0 Å². The van der Waals surface area contributed by atoms with E-state index in [1.165, 1.54) is 12.0 Å². The van der Waals surface area contributed by atoms with Crippen LogP contribution in [0.5, 0.6) is 0 Å². The zero-order valence-electron chi connectivity index (χ0n) is 21.2. The van der Waals surface area contributed by atoms with Crippen molar-refractivity contribution in [2.45, 2.75) is 96.7 Å². The summed E-state index contributed by atoms with van der Waals surface area (Å²) in [6.07, 6.45) is 6.94. The molecular formula is C29H38Cl2N2O2. The highest BCUT2D eigenvalue weighted by Crippen LogP contribution is 2.28. The van der Waals surface area contributed by atoms with Gasteiger partial charge in [-0.2, -0.15) is 0 Å². The predicted molar refractivity (Wildman–Crippen MR) is 145 cm³/mol. The van der Waals surface area contributed by atoms with Gasteiger partial charge >= 0.3 is 0 Å². The molecule has 2 amide bonds. The first-order valence-corrected chi connectivity index (χ1v) is 13.7. The van der Waals surface area contributed by atoms with Gasteiger partial charge in [0.25, 0.3) is 0 Å². The third kappa shape index (κ3) is 7.72. The summed E-state index contributed by atoms with van der Waals surface area (Å²) < 4.78 is 0. The fraction of sp³-hybridized carbons (Fsp3) is 0.517. The van der Waals surface area contributed by atoms with E-state index < -0.39 is 6.04 Å². The van der Waals surface area contributed by atoms with Crippen LogP contribution in [0.2, 0.25) is 10.0 Å². The van der Waals surface area contributed by atoms with Crippen molar-refractivity contribution in [2.75, 3.05) is 0 Å². The van der Waals surface area contributed by atoms with Gasteiger partial charge in [-0.05, 0) is 54.9 Å². The minimum Gasteiger partial charge on any atom is -0.352 e. The third-order valence-electron chi connectivity index (χ3n) is 7.00. The zero-order chi connectivity index (χ0) is 25.4. The molecule has 3 rings (SSSR count). The Morgan fingerprint density at radius 3 is 2.20 bits per heavy atom. The molecule has 0 saturated heterocycles. The largest absolute Gasteiger partial charge is 0.352 e. The maximum absolute atomic E-state index is 13.6. The molecule has 1 fully saturated rings. The van der Waals surface area contributed by atoms with E-state index in [1.54, 1.807) is 23.1 Å². The summed E-state index contributed by atoms with van der Waals surface area (Å²) in [5, 5.41) is 4.22. The van der Waals surface area contributed by atoms with Crippen LogP contribution >= 0.6 is 23.2 Å². The molecule has 2 aromatic rings.